The Labute approximate surface area is 266 Å². The maximum atomic E-state index is 2.42. The number of aromatic nitrogens is 2. The van der Waals surface area contributed by atoms with E-state index in [2.05, 4.69) is 179 Å². The minimum absolute atomic E-state index is 1.16. The van der Waals surface area contributed by atoms with Crippen molar-refractivity contribution in [3.63, 3.8) is 0 Å². The van der Waals surface area contributed by atoms with Crippen molar-refractivity contribution in [2.24, 2.45) is 0 Å². The van der Waals surface area contributed by atoms with Crippen LogP contribution in [0.1, 0.15) is 0 Å². The standard InChI is InChI=1S/C44H28N2/c1-3-13-33-27-43-39(25-31(33)11-1)37-19-5-7-21-41(37)45(43)35-17-9-15-29(23-35)30-16-10-18-36(24-30)46-42-22-8-6-20-38(42)40-26-32-12-2-4-14-34(32)28-44(40)46/h1-28H. The van der Waals surface area contributed by atoms with Crippen molar-refractivity contribution in [1.29, 1.82) is 0 Å². The van der Waals surface area contributed by atoms with E-state index < -0.39 is 0 Å². The van der Waals surface area contributed by atoms with Crippen LogP contribution in [0.15, 0.2) is 170 Å². The molecule has 2 heterocycles. The molecule has 0 aliphatic rings. The van der Waals surface area contributed by atoms with Crippen molar-refractivity contribution < 1.29 is 0 Å². The first-order valence-electron chi connectivity index (χ1n) is 15.9. The second kappa shape index (κ2) is 9.69. The molecule has 0 aliphatic heterocycles. The second-order valence-electron chi connectivity index (χ2n) is 12.2. The lowest BCUT2D eigenvalue weighted by atomic mass is 10.0. The molecule has 2 heteroatoms. The molecule has 10 aromatic rings. The summed E-state index contributed by atoms with van der Waals surface area (Å²) in [5, 5.41) is 10.1. The minimum Gasteiger partial charge on any atom is -0.309 e. The SMILES string of the molecule is c1cc(-c2cccc(-n3c4ccccc4c4cc5ccccc5cc43)c2)cc(-n2c3ccccc3c3cc4ccccc4cc32)c1. The maximum Gasteiger partial charge on any atom is 0.0547 e. The van der Waals surface area contributed by atoms with Crippen LogP contribution in [0, 0.1) is 0 Å². The average Bonchev–Trinajstić information content (AvgIpc) is 3.61. The Morgan fingerprint density at radius 3 is 1.11 bits per heavy atom. The maximum absolute atomic E-state index is 2.42. The molecule has 2 aromatic heterocycles. The summed E-state index contributed by atoms with van der Waals surface area (Å²) < 4.78 is 4.84. The van der Waals surface area contributed by atoms with Gasteiger partial charge in [-0.15, -0.1) is 0 Å². The Kier molecular flexibility index (Phi) is 5.31. The van der Waals surface area contributed by atoms with E-state index >= 15 is 0 Å². The molecule has 0 saturated carbocycles. The number of fused-ring (bicyclic) bond motifs is 8. The molecule has 0 fully saturated rings. The Morgan fingerprint density at radius 2 is 0.652 bits per heavy atom. The van der Waals surface area contributed by atoms with Gasteiger partial charge >= 0.3 is 0 Å². The highest BCUT2D eigenvalue weighted by Gasteiger charge is 2.16. The Morgan fingerprint density at radius 1 is 0.261 bits per heavy atom. The van der Waals surface area contributed by atoms with E-state index in [1.54, 1.807) is 0 Å². The molecule has 0 amide bonds. The molecule has 0 radical (unpaired) electrons. The molecule has 0 spiro atoms. The van der Waals surface area contributed by atoms with Crippen molar-refractivity contribution in [3.05, 3.63) is 170 Å². The molecule has 46 heavy (non-hydrogen) atoms. The number of rotatable bonds is 3. The lowest BCUT2D eigenvalue weighted by molar-refractivity contribution is 1.18. The predicted molar refractivity (Wildman–Crippen MR) is 196 cm³/mol. The Balaban J connectivity index is 1.17. The van der Waals surface area contributed by atoms with Crippen LogP contribution >= 0.6 is 0 Å². The molecule has 2 nitrogen and oxygen atoms in total. The summed E-state index contributed by atoms with van der Waals surface area (Å²) in [7, 11) is 0. The first kappa shape index (κ1) is 25.2. The summed E-state index contributed by atoms with van der Waals surface area (Å²) in [4.78, 5) is 0. The summed E-state index contributed by atoms with van der Waals surface area (Å²) in [6, 6.07) is 62.1. The molecule has 214 valence electrons. The lowest BCUT2D eigenvalue weighted by Gasteiger charge is -2.13. The first-order valence-corrected chi connectivity index (χ1v) is 15.9. The normalized spacial score (nSPS) is 11.9. The highest BCUT2D eigenvalue weighted by Crippen LogP contribution is 2.38. The molecule has 0 saturated heterocycles. The summed E-state index contributed by atoms with van der Waals surface area (Å²) in [6.07, 6.45) is 0. The van der Waals surface area contributed by atoms with E-state index in [0.717, 1.165) is 11.4 Å². The average molecular weight is 585 g/mol. The molecule has 10 rings (SSSR count). The Hall–Kier alpha value is -6.12. The third kappa shape index (κ3) is 3.71. The number of para-hydroxylation sites is 2. The summed E-state index contributed by atoms with van der Waals surface area (Å²) in [6.45, 7) is 0. The van der Waals surface area contributed by atoms with Gasteiger partial charge in [0.1, 0.15) is 0 Å². The van der Waals surface area contributed by atoms with Gasteiger partial charge in [-0.25, -0.2) is 0 Å². The van der Waals surface area contributed by atoms with Crippen molar-refractivity contribution in [3.8, 4) is 22.5 Å². The summed E-state index contributed by atoms with van der Waals surface area (Å²) in [5.74, 6) is 0. The lowest BCUT2D eigenvalue weighted by Crippen LogP contribution is -1.96. The van der Waals surface area contributed by atoms with Gasteiger partial charge in [-0.2, -0.15) is 0 Å². The van der Waals surface area contributed by atoms with Gasteiger partial charge in [0.05, 0.1) is 22.1 Å². The zero-order valence-corrected chi connectivity index (χ0v) is 25.1. The van der Waals surface area contributed by atoms with Gasteiger partial charge in [0.2, 0.25) is 0 Å². The van der Waals surface area contributed by atoms with Crippen LogP contribution in [0.4, 0.5) is 0 Å². The number of nitrogens with zero attached hydrogens (tertiary/aromatic N) is 2. The molecule has 0 unspecified atom stereocenters. The van der Waals surface area contributed by atoms with Gasteiger partial charge in [-0.3, -0.25) is 0 Å². The van der Waals surface area contributed by atoms with Gasteiger partial charge in [0, 0.05) is 32.9 Å². The fourth-order valence-electron chi connectivity index (χ4n) is 7.52. The first-order chi connectivity index (χ1) is 22.8. The van der Waals surface area contributed by atoms with Crippen LogP contribution in [0.5, 0.6) is 0 Å². The monoisotopic (exact) mass is 584 g/mol. The van der Waals surface area contributed by atoms with Gasteiger partial charge in [-0.1, -0.05) is 109 Å². The van der Waals surface area contributed by atoms with Gasteiger partial charge in [-0.05, 0) is 93.3 Å². The van der Waals surface area contributed by atoms with E-state index in [-0.39, 0.29) is 0 Å². The third-order valence-corrected chi connectivity index (χ3v) is 9.62. The fraction of sp³-hybridized carbons (Fsp3) is 0. The number of benzene rings is 8. The van der Waals surface area contributed by atoms with Crippen molar-refractivity contribution in [1.82, 2.24) is 9.13 Å². The largest absolute Gasteiger partial charge is 0.309 e. The van der Waals surface area contributed by atoms with E-state index in [9.17, 15) is 0 Å². The van der Waals surface area contributed by atoms with E-state index in [4.69, 9.17) is 0 Å². The molecule has 0 N–H and O–H groups in total. The molecular formula is C44H28N2. The summed E-state index contributed by atoms with van der Waals surface area (Å²) >= 11 is 0. The Bertz CT molecular complexity index is 2620. The fourth-order valence-corrected chi connectivity index (χ4v) is 7.52. The molecule has 0 atom stereocenters. The van der Waals surface area contributed by atoms with Crippen LogP contribution in [0.25, 0.3) is 87.7 Å². The van der Waals surface area contributed by atoms with Gasteiger partial charge < -0.3 is 9.13 Å². The third-order valence-electron chi connectivity index (χ3n) is 9.62. The van der Waals surface area contributed by atoms with Crippen molar-refractivity contribution in [2.75, 3.05) is 0 Å². The topological polar surface area (TPSA) is 9.86 Å². The van der Waals surface area contributed by atoms with Crippen LogP contribution < -0.4 is 0 Å². The van der Waals surface area contributed by atoms with Crippen molar-refractivity contribution in [2.45, 2.75) is 0 Å². The van der Waals surface area contributed by atoms with Crippen molar-refractivity contribution >= 4 is 65.2 Å². The van der Waals surface area contributed by atoms with Gasteiger partial charge in [0.15, 0.2) is 0 Å². The summed E-state index contributed by atoms with van der Waals surface area (Å²) in [5.41, 5.74) is 9.59. The van der Waals surface area contributed by atoms with Crippen LogP contribution in [0.3, 0.4) is 0 Å². The quantitative estimate of drug-likeness (QED) is 0.195. The highest BCUT2D eigenvalue weighted by atomic mass is 15.0. The van der Waals surface area contributed by atoms with E-state index in [1.807, 2.05) is 0 Å². The van der Waals surface area contributed by atoms with Crippen LogP contribution in [-0.2, 0) is 0 Å². The predicted octanol–water partition coefficient (Wildman–Crippen LogP) is 11.9. The second-order valence-corrected chi connectivity index (χ2v) is 12.2. The molecule has 0 bridgehead atoms. The molecular weight excluding hydrogens is 556 g/mol. The zero-order valence-electron chi connectivity index (χ0n) is 25.1. The van der Waals surface area contributed by atoms with Crippen LogP contribution in [-0.4, -0.2) is 9.13 Å². The van der Waals surface area contributed by atoms with E-state index in [1.165, 1.54) is 76.3 Å². The number of hydrogen-bond acceptors (Lipinski definition) is 0. The van der Waals surface area contributed by atoms with Gasteiger partial charge in [0.25, 0.3) is 0 Å². The van der Waals surface area contributed by atoms with E-state index in [0.29, 0.717) is 0 Å². The smallest absolute Gasteiger partial charge is 0.0547 e. The highest BCUT2D eigenvalue weighted by molar-refractivity contribution is 6.15. The zero-order chi connectivity index (χ0) is 30.2. The number of hydrogen-bond donors (Lipinski definition) is 0. The van der Waals surface area contributed by atoms with Crippen LogP contribution in [0.2, 0.25) is 0 Å². The molecule has 8 aromatic carbocycles. The minimum atomic E-state index is 1.16. The molecule has 0 aliphatic carbocycles.